The minimum atomic E-state index is -0.396. The van der Waals surface area contributed by atoms with Crippen LogP contribution in [-0.2, 0) is 17.6 Å². The highest BCUT2D eigenvalue weighted by atomic mass is 16.3. The third-order valence-corrected chi connectivity index (χ3v) is 3.48. The number of benzene rings is 1. The molecule has 0 spiro atoms. The number of likely N-dealkylation sites (tertiary alicyclic amines) is 1. The molecule has 100 valence electrons. The van der Waals surface area contributed by atoms with Crippen LogP contribution in [0, 0.1) is 11.3 Å². The Bertz CT molecular complexity index is 493. The van der Waals surface area contributed by atoms with Gasteiger partial charge in [0, 0.05) is 13.1 Å². The molecule has 2 rings (SSSR count). The molecule has 19 heavy (non-hydrogen) atoms. The molecule has 0 bridgehead atoms. The normalized spacial score (nSPS) is 18.9. The summed E-state index contributed by atoms with van der Waals surface area (Å²) in [6.45, 7) is 1.15. The summed E-state index contributed by atoms with van der Waals surface area (Å²) in [5, 5.41) is 18.4. The highest BCUT2D eigenvalue weighted by Gasteiger charge is 2.22. The summed E-state index contributed by atoms with van der Waals surface area (Å²) in [5.41, 5.74) is 1.82. The van der Waals surface area contributed by atoms with E-state index in [2.05, 4.69) is 6.07 Å². The maximum absolute atomic E-state index is 12.2. The van der Waals surface area contributed by atoms with Gasteiger partial charge < -0.3 is 10.0 Å². The van der Waals surface area contributed by atoms with Crippen LogP contribution in [0.3, 0.4) is 0 Å². The number of hydrogen-bond acceptors (Lipinski definition) is 3. The Balaban J connectivity index is 2.04. The average molecular weight is 258 g/mol. The zero-order chi connectivity index (χ0) is 13.7. The van der Waals surface area contributed by atoms with Crippen molar-refractivity contribution >= 4 is 5.91 Å². The monoisotopic (exact) mass is 258 g/mol. The maximum Gasteiger partial charge on any atom is 0.227 e. The van der Waals surface area contributed by atoms with E-state index in [1.807, 2.05) is 24.3 Å². The van der Waals surface area contributed by atoms with Crippen molar-refractivity contribution in [2.45, 2.75) is 31.8 Å². The van der Waals surface area contributed by atoms with Gasteiger partial charge >= 0.3 is 0 Å². The standard InChI is InChI=1S/C15H18N2O2/c16-8-7-12-4-1-2-5-13(12)10-15(19)17-9-3-6-14(18)11-17/h1-2,4-5,14,18H,3,6-7,9-11H2. The molecule has 1 aromatic rings. The van der Waals surface area contributed by atoms with E-state index >= 15 is 0 Å². The lowest BCUT2D eigenvalue weighted by atomic mass is 10.0. The van der Waals surface area contributed by atoms with E-state index in [9.17, 15) is 9.90 Å². The number of nitriles is 1. The van der Waals surface area contributed by atoms with E-state index in [0.717, 1.165) is 30.5 Å². The zero-order valence-electron chi connectivity index (χ0n) is 10.9. The number of rotatable bonds is 3. The number of β-amino-alcohol motifs (C(OH)–C–C–N with tert-alkyl or cyclic N) is 1. The Morgan fingerprint density at radius 2 is 2.16 bits per heavy atom. The molecule has 1 aliphatic heterocycles. The highest BCUT2D eigenvalue weighted by molar-refractivity contribution is 5.79. The molecule has 1 amide bonds. The summed E-state index contributed by atoms with van der Waals surface area (Å²) in [6.07, 6.45) is 1.87. The molecule has 1 N–H and O–H groups in total. The first-order valence-corrected chi connectivity index (χ1v) is 6.60. The highest BCUT2D eigenvalue weighted by Crippen LogP contribution is 2.15. The Hall–Kier alpha value is -1.86. The van der Waals surface area contributed by atoms with Crippen LogP contribution < -0.4 is 0 Å². The van der Waals surface area contributed by atoms with Gasteiger partial charge in [-0.05, 0) is 24.0 Å². The zero-order valence-corrected chi connectivity index (χ0v) is 10.9. The molecule has 4 heteroatoms. The second kappa shape index (κ2) is 6.35. The van der Waals surface area contributed by atoms with Gasteiger partial charge in [0.05, 0.1) is 25.0 Å². The molecule has 1 saturated heterocycles. The molecule has 0 radical (unpaired) electrons. The summed E-state index contributed by atoms with van der Waals surface area (Å²) < 4.78 is 0. The SMILES string of the molecule is N#CCc1ccccc1CC(=O)N1CCCC(O)C1. The van der Waals surface area contributed by atoms with Crippen LogP contribution in [0.5, 0.6) is 0 Å². The summed E-state index contributed by atoms with van der Waals surface area (Å²) in [7, 11) is 0. The fourth-order valence-corrected chi connectivity index (χ4v) is 2.44. The number of carbonyl (C=O) groups excluding carboxylic acids is 1. The average Bonchev–Trinajstić information content (AvgIpc) is 2.41. The lowest BCUT2D eigenvalue weighted by Gasteiger charge is -2.30. The quantitative estimate of drug-likeness (QED) is 0.888. The number of amides is 1. The van der Waals surface area contributed by atoms with E-state index in [-0.39, 0.29) is 5.91 Å². The molecule has 0 aliphatic carbocycles. The fourth-order valence-electron chi connectivity index (χ4n) is 2.44. The Morgan fingerprint density at radius 3 is 2.84 bits per heavy atom. The number of nitrogens with zero attached hydrogens (tertiary/aromatic N) is 2. The Kier molecular flexibility index (Phi) is 4.53. The summed E-state index contributed by atoms with van der Waals surface area (Å²) in [4.78, 5) is 13.9. The van der Waals surface area contributed by atoms with E-state index in [0.29, 0.717) is 19.4 Å². The van der Waals surface area contributed by atoms with E-state index in [4.69, 9.17) is 5.26 Å². The fraction of sp³-hybridized carbons (Fsp3) is 0.467. The minimum absolute atomic E-state index is 0.0316. The van der Waals surface area contributed by atoms with E-state index < -0.39 is 6.10 Å². The Labute approximate surface area is 113 Å². The van der Waals surface area contributed by atoms with Crippen LogP contribution in [0.2, 0.25) is 0 Å². The topological polar surface area (TPSA) is 64.3 Å². The van der Waals surface area contributed by atoms with E-state index in [1.54, 1.807) is 4.90 Å². The van der Waals surface area contributed by atoms with Crippen LogP contribution in [0.1, 0.15) is 24.0 Å². The molecule has 1 aliphatic rings. The van der Waals surface area contributed by atoms with Gasteiger partial charge in [-0.15, -0.1) is 0 Å². The van der Waals surface area contributed by atoms with Crippen LogP contribution >= 0.6 is 0 Å². The summed E-state index contributed by atoms with van der Waals surface area (Å²) in [6, 6.07) is 9.66. The smallest absolute Gasteiger partial charge is 0.227 e. The van der Waals surface area contributed by atoms with Gasteiger partial charge in [0.1, 0.15) is 0 Å². The second-order valence-electron chi connectivity index (χ2n) is 4.92. The molecule has 0 saturated carbocycles. The molecule has 4 nitrogen and oxygen atoms in total. The first kappa shape index (κ1) is 13.6. The third kappa shape index (κ3) is 3.55. The molecular weight excluding hydrogens is 240 g/mol. The van der Waals surface area contributed by atoms with Crippen LogP contribution in [0.15, 0.2) is 24.3 Å². The van der Waals surface area contributed by atoms with Gasteiger partial charge in [0.2, 0.25) is 5.91 Å². The number of hydrogen-bond donors (Lipinski definition) is 1. The summed E-state index contributed by atoms with van der Waals surface area (Å²) >= 11 is 0. The van der Waals surface area contributed by atoms with Gasteiger partial charge in [-0.2, -0.15) is 5.26 Å². The van der Waals surface area contributed by atoms with Crippen molar-refractivity contribution in [3.63, 3.8) is 0 Å². The predicted molar refractivity (Wildman–Crippen MR) is 71.3 cm³/mol. The van der Waals surface area contributed by atoms with Crippen molar-refractivity contribution in [1.82, 2.24) is 4.90 Å². The molecule has 1 unspecified atom stereocenters. The van der Waals surface area contributed by atoms with Gasteiger partial charge in [-0.25, -0.2) is 0 Å². The largest absolute Gasteiger partial charge is 0.391 e. The van der Waals surface area contributed by atoms with Gasteiger partial charge in [0.25, 0.3) is 0 Å². The second-order valence-corrected chi connectivity index (χ2v) is 4.92. The summed E-state index contributed by atoms with van der Waals surface area (Å²) in [5.74, 6) is 0.0316. The molecule has 1 atom stereocenters. The number of carbonyl (C=O) groups is 1. The van der Waals surface area contributed by atoms with Crippen molar-refractivity contribution in [2.24, 2.45) is 0 Å². The van der Waals surface area contributed by atoms with Crippen LogP contribution in [0.4, 0.5) is 0 Å². The van der Waals surface area contributed by atoms with Crippen molar-refractivity contribution in [3.8, 4) is 6.07 Å². The molecule has 0 aromatic heterocycles. The van der Waals surface area contributed by atoms with Crippen LogP contribution in [0.25, 0.3) is 0 Å². The lowest BCUT2D eigenvalue weighted by Crippen LogP contribution is -2.42. The molecule has 1 aromatic carbocycles. The van der Waals surface area contributed by atoms with Gasteiger partial charge in [-0.1, -0.05) is 24.3 Å². The predicted octanol–water partition coefficient (Wildman–Crippen LogP) is 1.28. The Morgan fingerprint density at radius 1 is 1.42 bits per heavy atom. The molecular formula is C15H18N2O2. The van der Waals surface area contributed by atoms with Crippen LogP contribution in [-0.4, -0.2) is 35.1 Å². The number of aliphatic hydroxyl groups is 1. The number of aliphatic hydroxyl groups excluding tert-OH is 1. The van der Waals surface area contributed by atoms with Crippen molar-refractivity contribution in [2.75, 3.05) is 13.1 Å². The van der Waals surface area contributed by atoms with E-state index in [1.165, 1.54) is 0 Å². The maximum atomic E-state index is 12.2. The molecule has 1 fully saturated rings. The van der Waals surface area contributed by atoms with Gasteiger partial charge in [-0.3, -0.25) is 4.79 Å². The number of piperidine rings is 1. The third-order valence-electron chi connectivity index (χ3n) is 3.48. The van der Waals surface area contributed by atoms with Gasteiger partial charge in [0.15, 0.2) is 0 Å². The minimum Gasteiger partial charge on any atom is -0.391 e. The molecule has 1 heterocycles. The van der Waals surface area contributed by atoms with Crippen molar-refractivity contribution in [1.29, 1.82) is 5.26 Å². The lowest BCUT2D eigenvalue weighted by molar-refractivity contribution is -0.133. The van der Waals surface area contributed by atoms with Crippen molar-refractivity contribution < 1.29 is 9.90 Å². The van der Waals surface area contributed by atoms with Crippen molar-refractivity contribution in [3.05, 3.63) is 35.4 Å². The first-order chi connectivity index (χ1) is 9.20. The first-order valence-electron chi connectivity index (χ1n) is 6.60.